The second-order valence-electron chi connectivity index (χ2n) is 6.13. The molecule has 3 unspecified atom stereocenters. The van der Waals surface area contributed by atoms with Crippen LogP contribution in [0, 0.1) is 11.8 Å². The number of nitrogens with one attached hydrogen (secondary N) is 1. The smallest absolute Gasteiger partial charge is 0.150 e. The van der Waals surface area contributed by atoms with E-state index in [1.54, 1.807) is 0 Å². The van der Waals surface area contributed by atoms with Crippen molar-refractivity contribution in [1.29, 1.82) is 0 Å². The molecule has 2 aliphatic rings. The lowest BCUT2D eigenvalue weighted by atomic mass is 9.91. The van der Waals surface area contributed by atoms with Crippen molar-refractivity contribution in [2.24, 2.45) is 11.8 Å². The summed E-state index contributed by atoms with van der Waals surface area (Å²) in [7, 11) is -0.542. The quantitative estimate of drug-likeness (QED) is 0.821. The highest BCUT2D eigenvalue weighted by atomic mass is 32.2. The van der Waals surface area contributed by atoms with Gasteiger partial charge in [-0.15, -0.1) is 0 Å². The van der Waals surface area contributed by atoms with Crippen LogP contribution in [0.4, 0.5) is 0 Å². The summed E-state index contributed by atoms with van der Waals surface area (Å²) in [5.41, 5.74) is 0. The molecule has 0 amide bonds. The predicted octanol–water partition coefficient (Wildman–Crippen LogP) is 0.741. The molecule has 0 aromatic rings. The molecular formula is C13H26N2O2S. The number of hydrogen-bond donors (Lipinski definition) is 1. The SMILES string of the molecule is CC(NCC1CCS(=O)(=O)C1)C1CCCN(C)C1. The van der Waals surface area contributed by atoms with Crippen LogP contribution in [0.25, 0.3) is 0 Å². The number of hydrogen-bond acceptors (Lipinski definition) is 4. The largest absolute Gasteiger partial charge is 0.314 e. The second-order valence-corrected chi connectivity index (χ2v) is 8.36. The van der Waals surface area contributed by atoms with E-state index in [0.29, 0.717) is 29.4 Å². The molecule has 2 rings (SSSR count). The first-order valence-electron chi connectivity index (χ1n) is 7.08. The Morgan fingerprint density at radius 3 is 2.78 bits per heavy atom. The molecule has 4 nitrogen and oxygen atoms in total. The van der Waals surface area contributed by atoms with Gasteiger partial charge >= 0.3 is 0 Å². The average Bonchev–Trinajstić information content (AvgIpc) is 2.66. The average molecular weight is 274 g/mol. The fourth-order valence-corrected chi connectivity index (χ4v) is 5.03. The van der Waals surface area contributed by atoms with E-state index in [-0.39, 0.29) is 0 Å². The van der Waals surface area contributed by atoms with Crippen LogP contribution in [-0.2, 0) is 9.84 Å². The molecule has 18 heavy (non-hydrogen) atoms. The Balaban J connectivity index is 1.73. The molecule has 0 bridgehead atoms. The maximum absolute atomic E-state index is 11.4. The lowest BCUT2D eigenvalue weighted by molar-refractivity contribution is 0.177. The number of piperidine rings is 1. The number of rotatable bonds is 4. The van der Waals surface area contributed by atoms with E-state index in [4.69, 9.17) is 0 Å². The van der Waals surface area contributed by atoms with Crippen LogP contribution in [0.5, 0.6) is 0 Å². The van der Waals surface area contributed by atoms with Gasteiger partial charge in [0.25, 0.3) is 0 Å². The maximum Gasteiger partial charge on any atom is 0.150 e. The molecule has 3 atom stereocenters. The van der Waals surface area contributed by atoms with Crippen molar-refractivity contribution in [3.63, 3.8) is 0 Å². The monoisotopic (exact) mass is 274 g/mol. The summed E-state index contributed by atoms with van der Waals surface area (Å²) in [5.74, 6) is 1.82. The molecule has 0 aliphatic carbocycles. The molecule has 0 aromatic heterocycles. The Hall–Kier alpha value is -0.130. The van der Waals surface area contributed by atoms with Gasteiger partial charge in [0.1, 0.15) is 0 Å². The van der Waals surface area contributed by atoms with Crippen molar-refractivity contribution in [2.75, 3.05) is 38.2 Å². The molecule has 2 aliphatic heterocycles. The summed E-state index contributed by atoms with van der Waals surface area (Å²) < 4.78 is 22.8. The Morgan fingerprint density at radius 1 is 1.39 bits per heavy atom. The topological polar surface area (TPSA) is 49.4 Å². The molecule has 0 aromatic carbocycles. The Morgan fingerprint density at radius 2 is 2.17 bits per heavy atom. The molecule has 0 radical (unpaired) electrons. The van der Waals surface area contributed by atoms with Gasteiger partial charge < -0.3 is 10.2 Å². The van der Waals surface area contributed by atoms with Crippen LogP contribution in [0.2, 0.25) is 0 Å². The molecule has 5 heteroatoms. The maximum atomic E-state index is 11.4. The zero-order valence-electron chi connectivity index (χ0n) is 11.6. The van der Waals surface area contributed by atoms with Gasteiger partial charge in [-0.3, -0.25) is 0 Å². The van der Waals surface area contributed by atoms with Crippen molar-refractivity contribution in [3.8, 4) is 0 Å². The van der Waals surface area contributed by atoms with E-state index in [9.17, 15) is 8.42 Å². The van der Waals surface area contributed by atoms with Crippen LogP contribution in [0.3, 0.4) is 0 Å². The Labute approximate surface area is 111 Å². The van der Waals surface area contributed by atoms with Crippen molar-refractivity contribution >= 4 is 9.84 Å². The highest BCUT2D eigenvalue weighted by Crippen LogP contribution is 2.21. The minimum atomic E-state index is -2.73. The Kier molecular flexibility index (Phi) is 4.67. The summed E-state index contributed by atoms with van der Waals surface area (Å²) in [6.45, 7) is 5.48. The standard InChI is InChI=1S/C13H26N2O2S/c1-11(13-4-3-6-15(2)9-13)14-8-12-5-7-18(16,17)10-12/h11-14H,3-10H2,1-2H3. The molecule has 2 saturated heterocycles. The van der Waals surface area contributed by atoms with Gasteiger partial charge in [0, 0.05) is 12.6 Å². The number of likely N-dealkylation sites (tertiary alicyclic amines) is 1. The third kappa shape index (κ3) is 3.93. The molecule has 106 valence electrons. The van der Waals surface area contributed by atoms with Crippen LogP contribution >= 0.6 is 0 Å². The summed E-state index contributed by atoms with van der Waals surface area (Å²) in [6, 6.07) is 0.496. The molecule has 2 fully saturated rings. The number of sulfone groups is 1. The van der Waals surface area contributed by atoms with Gasteiger partial charge in [-0.05, 0) is 58.2 Å². The fourth-order valence-electron chi connectivity index (χ4n) is 3.17. The zero-order chi connectivity index (χ0) is 13.2. The third-order valence-corrected chi connectivity index (χ3v) is 6.26. The highest BCUT2D eigenvalue weighted by Gasteiger charge is 2.29. The van der Waals surface area contributed by atoms with Crippen LogP contribution in [-0.4, -0.2) is 57.5 Å². The van der Waals surface area contributed by atoms with Crippen molar-refractivity contribution in [1.82, 2.24) is 10.2 Å². The minimum absolute atomic E-state index is 0.332. The van der Waals surface area contributed by atoms with Gasteiger partial charge in [0.15, 0.2) is 9.84 Å². The van der Waals surface area contributed by atoms with Crippen molar-refractivity contribution in [2.45, 2.75) is 32.2 Å². The fraction of sp³-hybridized carbons (Fsp3) is 1.00. The molecule has 0 spiro atoms. The van der Waals surface area contributed by atoms with Gasteiger partial charge in [0.05, 0.1) is 11.5 Å². The van der Waals surface area contributed by atoms with Crippen molar-refractivity contribution < 1.29 is 8.42 Å². The van der Waals surface area contributed by atoms with Gasteiger partial charge in [-0.25, -0.2) is 8.42 Å². The lowest BCUT2D eigenvalue weighted by Gasteiger charge is -2.34. The summed E-state index contributed by atoms with van der Waals surface area (Å²) >= 11 is 0. The van der Waals surface area contributed by atoms with E-state index in [0.717, 1.165) is 19.5 Å². The van der Waals surface area contributed by atoms with Gasteiger partial charge in [0.2, 0.25) is 0 Å². The van der Waals surface area contributed by atoms with Gasteiger partial charge in [-0.2, -0.15) is 0 Å². The van der Waals surface area contributed by atoms with Gasteiger partial charge in [-0.1, -0.05) is 0 Å². The van der Waals surface area contributed by atoms with Crippen LogP contribution in [0.1, 0.15) is 26.2 Å². The van der Waals surface area contributed by atoms with E-state index >= 15 is 0 Å². The molecule has 2 heterocycles. The normalized spacial score (nSPS) is 34.6. The van der Waals surface area contributed by atoms with E-state index in [2.05, 4.69) is 24.2 Å². The van der Waals surface area contributed by atoms with E-state index in [1.807, 2.05) is 0 Å². The molecular weight excluding hydrogens is 248 g/mol. The molecule has 1 N–H and O–H groups in total. The predicted molar refractivity (Wildman–Crippen MR) is 74.4 cm³/mol. The zero-order valence-corrected chi connectivity index (χ0v) is 12.4. The summed E-state index contributed by atoms with van der Waals surface area (Å²) in [4.78, 5) is 2.40. The third-order valence-electron chi connectivity index (χ3n) is 4.42. The second kappa shape index (κ2) is 5.88. The minimum Gasteiger partial charge on any atom is -0.314 e. The van der Waals surface area contributed by atoms with E-state index in [1.165, 1.54) is 19.4 Å². The summed E-state index contributed by atoms with van der Waals surface area (Å²) in [5, 5.41) is 3.56. The molecule has 0 saturated carbocycles. The van der Waals surface area contributed by atoms with Crippen LogP contribution in [0.15, 0.2) is 0 Å². The Bertz CT molecular complexity index is 369. The first kappa shape index (κ1) is 14.3. The van der Waals surface area contributed by atoms with Crippen molar-refractivity contribution in [3.05, 3.63) is 0 Å². The number of nitrogens with zero attached hydrogens (tertiary/aromatic N) is 1. The first-order valence-corrected chi connectivity index (χ1v) is 8.91. The lowest BCUT2D eigenvalue weighted by Crippen LogP contribution is -2.44. The van der Waals surface area contributed by atoms with Crippen LogP contribution < -0.4 is 5.32 Å². The first-order chi connectivity index (χ1) is 8.46. The van der Waals surface area contributed by atoms with E-state index < -0.39 is 9.84 Å². The summed E-state index contributed by atoms with van der Waals surface area (Å²) in [6.07, 6.45) is 3.42. The highest BCUT2D eigenvalue weighted by molar-refractivity contribution is 7.91.